The van der Waals surface area contributed by atoms with Crippen LogP contribution in [0.4, 0.5) is 0 Å². The molecule has 21 heavy (non-hydrogen) atoms. The van der Waals surface area contributed by atoms with Crippen LogP contribution in [0.5, 0.6) is 0 Å². The van der Waals surface area contributed by atoms with E-state index in [1.165, 1.54) is 62.9 Å². The summed E-state index contributed by atoms with van der Waals surface area (Å²) in [6.07, 6.45) is 16.0. The molecule has 1 heterocycles. The van der Waals surface area contributed by atoms with Gasteiger partial charge in [0.25, 0.3) is 0 Å². The van der Waals surface area contributed by atoms with Crippen molar-refractivity contribution < 1.29 is 14.6 Å². The molecule has 0 unspecified atom stereocenters. The van der Waals surface area contributed by atoms with Crippen molar-refractivity contribution in [2.24, 2.45) is 0 Å². The number of aliphatic carboxylic acids is 1. The average Bonchev–Trinajstić information content (AvgIpc) is 3.20. The summed E-state index contributed by atoms with van der Waals surface area (Å²) in [6, 6.07) is 0. The van der Waals surface area contributed by atoms with Crippen molar-refractivity contribution in [3.8, 4) is 0 Å². The van der Waals surface area contributed by atoms with Gasteiger partial charge in [-0.15, -0.1) is 0 Å². The van der Waals surface area contributed by atoms with Crippen LogP contribution in [0.2, 0.25) is 0 Å². The first-order valence-corrected chi connectivity index (χ1v) is 8.85. The predicted molar refractivity (Wildman–Crippen MR) is 86.1 cm³/mol. The maximum Gasteiger partial charge on any atom is 0.303 e. The molecule has 0 fully saturated rings. The second kappa shape index (κ2) is 11.6. The SMILES string of the molecule is CCCCCCCCC1=C(CCCCCCCC(=O)O)O1. The average molecular weight is 296 g/mol. The van der Waals surface area contributed by atoms with Crippen LogP contribution >= 0.6 is 0 Å². The highest BCUT2D eigenvalue weighted by atomic mass is 16.6. The molecule has 0 aromatic rings. The van der Waals surface area contributed by atoms with Gasteiger partial charge >= 0.3 is 5.97 Å². The zero-order valence-electron chi connectivity index (χ0n) is 13.7. The van der Waals surface area contributed by atoms with Gasteiger partial charge in [-0.25, -0.2) is 0 Å². The Morgan fingerprint density at radius 3 is 1.81 bits per heavy atom. The Balaban J connectivity index is 1.84. The van der Waals surface area contributed by atoms with Crippen LogP contribution in [-0.4, -0.2) is 11.1 Å². The summed E-state index contributed by atoms with van der Waals surface area (Å²) in [4.78, 5) is 10.4. The summed E-state index contributed by atoms with van der Waals surface area (Å²) < 4.78 is 5.56. The molecule has 0 aromatic carbocycles. The summed E-state index contributed by atoms with van der Waals surface area (Å²) in [5.41, 5.74) is 0. The van der Waals surface area contributed by atoms with Crippen molar-refractivity contribution in [3.63, 3.8) is 0 Å². The van der Waals surface area contributed by atoms with E-state index in [-0.39, 0.29) is 0 Å². The number of ether oxygens (including phenoxy) is 1. The minimum Gasteiger partial charge on any atom is -0.481 e. The first kappa shape index (κ1) is 18.1. The minimum absolute atomic E-state index is 0.316. The smallest absolute Gasteiger partial charge is 0.303 e. The van der Waals surface area contributed by atoms with Gasteiger partial charge in [-0.2, -0.15) is 0 Å². The maximum absolute atomic E-state index is 10.4. The molecule has 0 radical (unpaired) electrons. The van der Waals surface area contributed by atoms with E-state index in [4.69, 9.17) is 9.84 Å². The highest BCUT2D eigenvalue weighted by Crippen LogP contribution is 2.35. The third-order valence-electron chi connectivity index (χ3n) is 4.07. The third kappa shape index (κ3) is 10.4. The lowest BCUT2D eigenvalue weighted by Crippen LogP contribution is -1.93. The Kier molecular flexibility index (Phi) is 10.0. The van der Waals surface area contributed by atoms with Crippen molar-refractivity contribution in [1.82, 2.24) is 0 Å². The van der Waals surface area contributed by atoms with Crippen LogP contribution in [-0.2, 0) is 9.53 Å². The van der Waals surface area contributed by atoms with Gasteiger partial charge in [0, 0.05) is 19.3 Å². The summed E-state index contributed by atoms with van der Waals surface area (Å²) in [5.74, 6) is 1.83. The zero-order chi connectivity index (χ0) is 15.3. The van der Waals surface area contributed by atoms with Crippen molar-refractivity contribution in [2.75, 3.05) is 0 Å². The van der Waals surface area contributed by atoms with E-state index in [9.17, 15) is 4.79 Å². The van der Waals surface area contributed by atoms with Gasteiger partial charge in [0.2, 0.25) is 0 Å². The van der Waals surface area contributed by atoms with Crippen molar-refractivity contribution in [1.29, 1.82) is 0 Å². The van der Waals surface area contributed by atoms with E-state index < -0.39 is 5.97 Å². The van der Waals surface area contributed by atoms with Gasteiger partial charge < -0.3 is 9.84 Å². The fourth-order valence-corrected chi connectivity index (χ4v) is 2.66. The molecule has 0 saturated carbocycles. The van der Waals surface area contributed by atoms with E-state index in [1.807, 2.05) is 0 Å². The minimum atomic E-state index is -0.675. The first-order valence-electron chi connectivity index (χ1n) is 8.85. The molecule has 1 rings (SSSR count). The van der Waals surface area contributed by atoms with Gasteiger partial charge in [-0.05, 0) is 19.3 Å². The Morgan fingerprint density at radius 2 is 1.29 bits per heavy atom. The lowest BCUT2D eigenvalue weighted by Gasteiger charge is -1.97. The van der Waals surface area contributed by atoms with Crippen LogP contribution in [0.15, 0.2) is 11.5 Å². The number of allylic oxidation sites excluding steroid dienone is 2. The molecule has 3 nitrogen and oxygen atoms in total. The van der Waals surface area contributed by atoms with Crippen molar-refractivity contribution in [3.05, 3.63) is 11.5 Å². The van der Waals surface area contributed by atoms with E-state index in [0.717, 1.165) is 32.1 Å². The second-order valence-electron chi connectivity index (χ2n) is 6.13. The Bertz CT molecular complexity index is 320. The second-order valence-corrected chi connectivity index (χ2v) is 6.13. The van der Waals surface area contributed by atoms with Gasteiger partial charge in [0.1, 0.15) is 11.5 Å². The molecule has 0 bridgehead atoms. The largest absolute Gasteiger partial charge is 0.481 e. The Morgan fingerprint density at radius 1 is 0.810 bits per heavy atom. The van der Waals surface area contributed by atoms with Crippen LogP contribution in [0.3, 0.4) is 0 Å². The zero-order valence-corrected chi connectivity index (χ0v) is 13.7. The summed E-state index contributed by atoms with van der Waals surface area (Å²) in [5, 5.41) is 8.53. The number of carboxylic acid groups (broad SMARTS) is 1. The van der Waals surface area contributed by atoms with Crippen LogP contribution in [0.25, 0.3) is 0 Å². The van der Waals surface area contributed by atoms with Crippen LogP contribution in [0.1, 0.15) is 96.8 Å². The molecule has 1 aliphatic rings. The maximum atomic E-state index is 10.4. The van der Waals surface area contributed by atoms with Crippen LogP contribution in [0, 0.1) is 0 Å². The Labute approximate surface area is 129 Å². The number of hydrogen-bond donors (Lipinski definition) is 1. The molecule has 3 heteroatoms. The number of hydrogen-bond acceptors (Lipinski definition) is 2. The molecule has 0 atom stereocenters. The molecule has 0 spiro atoms. The summed E-state index contributed by atoms with van der Waals surface area (Å²) >= 11 is 0. The first-order chi connectivity index (χ1) is 10.2. The summed E-state index contributed by atoms with van der Waals surface area (Å²) in [7, 11) is 0. The van der Waals surface area contributed by atoms with Crippen LogP contribution < -0.4 is 0 Å². The predicted octanol–water partition coefficient (Wildman–Crippen LogP) is 5.79. The highest BCUT2D eigenvalue weighted by molar-refractivity contribution is 5.66. The molecular weight excluding hydrogens is 264 g/mol. The lowest BCUT2D eigenvalue weighted by molar-refractivity contribution is -0.137. The van der Waals surface area contributed by atoms with Gasteiger partial charge in [0.15, 0.2) is 0 Å². The topological polar surface area (TPSA) is 49.8 Å². The molecule has 1 N–H and O–H groups in total. The fourth-order valence-electron chi connectivity index (χ4n) is 2.66. The van der Waals surface area contributed by atoms with Gasteiger partial charge in [-0.1, -0.05) is 58.3 Å². The van der Waals surface area contributed by atoms with E-state index in [2.05, 4.69) is 6.92 Å². The van der Waals surface area contributed by atoms with Crippen molar-refractivity contribution in [2.45, 2.75) is 96.8 Å². The molecule has 122 valence electrons. The molecule has 1 aliphatic heterocycles. The van der Waals surface area contributed by atoms with E-state index in [0.29, 0.717) is 6.42 Å². The summed E-state index contributed by atoms with van der Waals surface area (Å²) in [6.45, 7) is 2.25. The molecule has 0 amide bonds. The number of unbranched alkanes of at least 4 members (excludes halogenated alkanes) is 9. The van der Waals surface area contributed by atoms with Gasteiger partial charge in [0.05, 0.1) is 0 Å². The standard InChI is InChI=1S/C18H32O3/c1-2-3-4-5-7-10-13-16-17(21-16)14-11-8-6-9-12-15-18(19)20/h2-15H2,1H3,(H,19,20). The normalized spacial score (nSPS) is 13.4. The molecule has 0 aliphatic carbocycles. The van der Waals surface area contributed by atoms with Gasteiger partial charge in [-0.3, -0.25) is 4.79 Å². The number of carbonyl (C=O) groups is 1. The van der Waals surface area contributed by atoms with Crippen molar-refractivity contribution >= 4 is 5.97 Å². The van der Waals surface area contributed by atoms with E-state index >= 15 is 0 Å². The lowest BCUT2D eigenvalue weighted by atomic mass is 10.1. The highest BCUT2D eigenvalue weighted by Gasteiger charge is 2.22. The molecule has 0 saturated heterocycles. The number of rotatable bonds is 15. The molecular formula is C18H32O3. The number of carboxylic acids is 1. The monoisotopic (exact) mass is 296 g/mol. The third-order valence-corrected chi connectivity index (χ3v) is 4.07. The fraction of sp³-hybridized carbons (Fsp3) is 0.833. The quantitative estimate of drug-likeness (QED) is 0.389. The molecule has 0 aromatic heterocycles. The Hall–Kier alpha value is -0.990. The van der Waals surface area contributed by atoms with E-state index in [1.54, 1.807) is 0 Å².